The summed E-state index contributed by atoms with van der Waals surface area (Å²) in [5.41, 5.74) is 24.6. The van der Waals surface area contributed by atoms with Gasteiger partial charge in [0.15, 0.2) is 0 Å². The van der Waals surface area contributed by atoms with E-state index >= 15 is 0 Å². The summed E-state index contributed by atoms with van der Waals surface area (Å²) in [6.45, 7) is 21.7. The smallest absolute Gasteiger partial charge is 0.333 e. The van der Waals surface area contributed by atoms with E-state index in [2.05, 4.69) is 211 Å². The van der Waals surface area contributed by atoms with Crippen LogP contribution in [0.4, 0.5) is 11.4 Å². The van der Waals surface area contributed by atoms with Gasteiger partial charge in [-0.1, -0.05) is 147 Å². The Morgan fingerprint density at radius 2 is 1.30 bits per heavy atom. The minimum Gasteiger partial charge on any atom is -0.464 e. The lowest BCUT2D eigenvalue weighted by Crippen LogP contribution is -2.60. The lowest BCUT2D eigenvalue weighted by atomic mass is 9.43. The predicted octanol–water partition coefficient (Wildman–Crippen LogP) is 16.8. The predicted molar refractivity (Wildman–Crippen MR) is 299 cm³/mol. The van der Waals surface area contributed by atoms with Crippen LogP contribution < -0.4 is 15.7 Å². The lowest BCUT2D eigenvalue weighted by Gasteiger charge is -2.43. The lowest BCUT2D eigenvalue weighted by molar-refractivity contribution is 0.332. The number of aromatic nitrogens is 1. The largest absolute Gasteiger partial charge is 0.464 e. The molecule has 0 N–H and O–H groups in total. The van der Waals surface area contributed by atoms with Gasteiger partial charge in [-0.25, -0.2) is 0 Å². The molecule has 0 atom stereocenters. The van der Waals surface area contributed by atoms with Gasteiger partial charge in [-0.2, -0.15) is 0 Å². The Morgan fingerprint density at radius 3 is 2.07 bits per heavy atom. The van der Waals surface area contributed by atoms with E-state index in [4.69, 9.17) is 4.42 Å². The fraction of sp³-hybridized carbons (Fsp3) is 0.231. The minimum atomic E-state index is -0.269. The van der Waals surface area contributed by atoms with Crippen molar-refractivity contribution in [1.29, 1.82) is 0 Å². The molecule has 0 fully saturated rings. The van der Waals surface area contributed by atoms with Crippen LogP contribution in [0, 0.1) is 0 Å². The Kier molecular flexibility index (Phi) is 7.81. The maximum Gasteiger partial charge on any atom is 0.333 e. The number of fused-ring (bicyclic) bond motifs is 18. The highest BCUT2D eigenvalue weighted by atomic mass is 32.1. The molecule has 0 saturated heterocycles. The van der Waals surface area contributed by atoms with E-state index in [1.54, 1.807) is 0 Å². The molecule has 340 valence electrons. The maximum absolute atomic E-state index is 6.74. The van der Waals surface area contributed by atoms with Crippen LogP contribution in [0.2, 0.25) is 0 Å². The van der Waals surface area contributed by atoms with Crippen LogP contribution >= 0.6 is 11.3 Å². The van der Waals surface area contributed by atoms with Gasteiger partial charge in [-0.15, -0.1) is 11.3 Å². The zero-order chi connectivity index (χ0) is 47.5. The Hall–Kier alpha value is -6.82. The average Bonchev–Trinajstić information content (AvgIpc) is 4.09. The SMILES string of the molecule is CC(C)(C)c1ccc(N2B3c4cc5occ(-c6ccccc6)c5cc4-n4c5cc6c(cc5c5c7c(c(c3c54)-c3cc4c(cc32)sc2ccccc24)-c2ccccc2C7(C)C)C(C)(C)CCC6(C)C)cc1. The molecular formula is C65H55BN2OS. The van der Waals surface area contributed by atoms with Crippen molar-refractivity contribution in [3.8, 4) is 39.1 Å². The van der Waals surface area contributed by atoms with Gasteiger partial charge in [-0.05, 0) is 145 Å². The van der Waals surface area contributed by atoms with Crippen LogP contribution in [0.3, 0.4) is 0 Å². The molecule has 2 aliphatic heterocycles. The van der Waals surface area contributed by atoms with E-state index in [1.165, 1.54) is 126 Å². The van der Waals surface area contributed by atoms with Crippen LogP contribution in [-0.2, 0) is 21.7 Å². The second kappa shape index (κ2) is 13.3. The molecule has 0 amide bonds. The fourth-order valence-electron chi connectivity index (χ4n) is 13.9. The molecule has 0 bridgehead atoms. The zero-order valence-electron chi connectivity index (χ0n) is 41.6. The standard InChI is InChI=1S/C65H55BN2OS/c1-62(2,3)37-23-25-38(26-24-37)68-51-34-55-42(39-19-14-16-22-54(39)70-55)29-43(51)57-56-40-20-13-15-21-46(40)65(8,9)59(56)58-44-30-47-48(64(6,7)28-27-63(47,4)5)32-50(44)67-52-31-41-45(36-17-11-10-12-18-36)35-69-53(41)33-49(52)66(68)60(57)61(58)67/h10-26,29-35H,27-28H2,1-9H3. The van der Waals surface area contributed by atoms with Gasteiger partial charge in [0.25, 0.3) is 0 Å². The first kappa shape index (κ1) is 41.0. The Labute approximate surface area is 414 Å². The number of nitrogens with zero attached hydrogens (tertiary/aromatic N) is 2. The first-order valence-electron chi connectivity index (χ1n) is 25.4. The van der Waals surface area contributed by atoms with Crippen molar-refractivity contribution in [1.82, 2.24) is 4.57 Å². The molecule has 8 aromatic carbocycles. The summed E-state index contributed by atoms with van der Waals surface area (Å²) in [5.74, 6) is 0. The first-order valence-corrected chi connectivity index (χ1v) is 26.2. The highest BCUT2D eigenvalue weighted by Gasteiger charge is 2.51. The van der Waals surface area contributed by atoms with Crippen LogP contribution in [0.15, 0.2) is 150 Å². The van der Waals surface area contributed by atoms with Gasteiger partial charge in [0, 0.05) is 69.9 Å². The topological polar surface area (TPSA) is 21.3 Å². The van der Waals surface area contributed by atoms with Crippen LogP contribution in [0.25, 0.3) is 92.0 Å². The van der Waals surface area contributed by atoms with Gasteiger partial charge in [0.1, 0.15) is 5.58 Å². The third-order valence-electron chi connectivity index (χ3n) is 17.6. The number of rotatable bonds is 2. The van der Waals surface area contributed by atoms with Crippen LogP contribution in [0.1, 0.15) is 103 Å². The Bertz CT molecular complexity index is 4130. The van der Waals surface area contributed by atoms with E-state index in [1.807, 2.05) is 17.6 Å². The van der Waals surface area contributed by atoms with Crippen LogP contribution in [0.5, 0.6) is 0 Å². The van der Waals surface area contributed by atoms with Gasteiger partial charge < -0.3 is 13.8 Å². The molecule has 5 heteroatoms. The molecule has 3 aromatic heterocycles. The highest BCUT2D eigenvalue weighted by Crippen LogP contribution is 2.60. The molecule has 2 aliphatic carbocycles. The van der Waals surface area contributed by atoms with Crippen molar-refractivity contribution < 1.29 is 4.42 Å². The molecular weight excluding hydrogens is 868 g/mol. The molecule has 3 nitrogen and oxygen atoms in total. The van der Waals surface area contributed by atoms with Crippen molar-refractivity contribution in [2.75, 3.05) is 4.81 Å². The molecule has 0 saturated carbocycles. The molecule has 0 unspecified atom stereocenters. The van der Waals surface area contributed by atoms with E-state index < -0.39 is 0 Å². The van der Waals surface area contributed by atoms with E-state index in [0.717, 1.165) is 28.5 Å². The number of hydrogen-bond donors (Lipinski definition) is 0. The van der Waals surface area contributed by atoms with Gasteiger partial charge in [0.05, 0.1) is 17.3 Å². The second-order valence-electron chi connectivity index (χ2n) is 23.9. The van der Waals surface area contributed by atoms with Crippen molar-refractivity contribution >= 4 is 93.4 Å². The maximum atomic E-state index is 6.74. The third kappa shape index (κ3) is 5.16. The quantitative estimate of drug-likeness (QED) is 0.161. The number of anilines is 2. The summed E-state index contributed by atoms with van der Waals surface area (Å²) in [6.07, 6.45) is 4.31. The van der Waals surface area contributed by atoms with Gasteiger partial charge in [-0.3, -0.25) is 0 Å². The average molecular weight is 923 g/mol. The summed E-state index contributed by atoms with van der Waals surface area (Å²) in [4.78, 5) is 2.72. The summed E-state index contributed by atoms with van der Waals surface area (Å²) >= 11 is 1.91. The van der Waals surface area contributed by atoms with Gasteiger partial charge in [0.2, 0.25) is 0 Å². The summed E-state index contributed by atoms with van der Waals surface area (Å²) in [7, 11) is 0. The summed E-state index contributed by atoms with van der Waals surface area (Å²) in [5, 5.41) is 6.57. The zero-order valence-corrected chi connectivity index (χ0v) is 42.4. The van der Waals surface area contributed by atoms with Crippen molar-refractivity contribution in [3.05, 3.63) is 174 Å². The molecule has 0 spiro atoms. The molecule has 5 heterocycles. The van der Waals surface area contributed by atoms with E-state index in [-0.39, 0.29) is 28.5 Å². The van der Waals surface area contributed by atoms with Gasteiger partial charge >= 0.3 is 6.85 Å². The monoisotopic (exact) mass is 922 g/mol. The normalized spacial score (nSPS) is 16.8. The number of hydrogen-bond acceptors (Lipinski definition) is 3. The molecule has 4 aliphatic rings. The van der Waals surface area contributed by atoms with E-state index in [0.29, 0.717) is 0 Å². The van der Waals surface area contributed by atoms with Crippen molar-refractivity contribution in [2.24, 2.45) is 0 Å². The molecule has 70 heavy (non-hydrogen) atoms. The second-order valence-corrected chi connectivity index (χ2v) is 25.0. The Morgan fingerprint density at radius 1 is 0.586 bits per heavy atom. The third-order valence-corrected chi connectivity index (χ3v) is 18.8. The first-order chi connectivity index (χ1) is 33.6. The van der Waals surface area contributed by atoms with Crippen LogP contribution in [-0.4, -0.2) is 11.4 Å². The van der Waals surface area contributed by atoms with Crippen molar-refractivity contribution in [3.63, 3.8) is 0 Å². The fourth-order valence-corrected chi connectivity index (χ4v) is 15.0. The Balaban J connectivity index is 1.19. The summed E-state index contributed by atoms with van der Waals surface area (Å²) < 4.78 is 12.1. The van der Waals surface area contributed by atoms with E-state index in [9.17, 15) is 0 Å². The minimum absolute atomic E-state index is 0.0170. The molecule has 15 rings (SSSR count). The summed E-state index contributed by atoms with van der Waals surface area (Å²) in [6, 6.07) is 54.0. The van der Waals surface area contributed by atoms with Crippen molar-refractivity contribution in [2.45, 2.75) is 96.8 Å². The molecule has 11 aromatic rings. The number of thiophene rings is 1. The number of furan rings is 1. The number of benzene rings is 8. The highest BCUT2D eigenvalue weighted by molar-refractivity contribution is 7.25. The molecule has 0 radical (unpaired) electrons.